The standard InChI is InChI=1S/C20H27O3P/c1-3-5-16-22-24(21,23-17-6-4-2)20-14-12-19(13-15-20)18-10-8-7-9-11-18/h7-15H,3-6,16-17H2,1-2H3. The van der Waals surface area contributed by atoms with Crippen molar-refractivity contribution in [1.82, 2.24) is 0 Å². The largest absolute Gasteiger partial charge is 0.361 e. The van der Waals surface area contributed by atoms with Crippen molar-refractivity contribution in [3.63, 3.8) is 0 Å². The Hall–Kier alpha value is -1.41. The molecule has 24 heavy (non-hydrogen) atoms. The predicted octanol–water partition coefficient (Wildman–Crippen LogP) is 5.81. The number of hydrogen-bond acceptors (Lipinski definition) is 3. The first-order valence-corrected chi connectivity index (χ1v) is 10.3. The van der Waals surface area contributed by atoms with E-state index in [0.29, 0.717) is 18.5 Å². The molecule has 2 aromatic rings. The molecule has 0 saturated carbocycles. The lowest BCUT2D eigenvalue weighted by atomic mass is 10.1. The lowest BCUT2D eigenvalue weighted by molar-refractivity contribution is 0.208. The van der Waals surface area contributed by atoms with E-state index < -0.39 is 7.60 Å². The smallest absolute Gasteiger partial charge is 0.305 e. The molecule has 4 heteroatoms. The van der Waals surface area contributed by atoms with Crippen molar-refractivity contribution in [3.8, 4) is 11.1 Å². The number of unbranched alkanes of at least 4 members (excludes halogenated alkanes) is 2. The molecule has 2 aromatic carbocycles. The highest BCUT2D eigenvalue weighted by atomic mass is 31.2. The van der Waals surface area contributed by atoms with Crippen LogP contribution in [0.3, 0.4) is 0 Å². The number of hydrogen-bond donors (Lipinski definition) is 0. The minimum atomic E-state index is -3.24. The van der Waals surface area contributed by atoms with Crippen LogP contribution in [0.4, 0.5) is 0 Å². The Morgan fingerprint density at radius 2 is 1.25 bits per heavy atom. The molecule has 0 heterocycles. The van der Waals surface area contributed by atoms with Crippen molar-refractivity contribution in [2.24, 2.45) is 0 Å². The number of benzene rings is 2. The SMILES string of the molecule is CCCCOP(=O)(OCCCC)c1ccc(-c2ccccc2)cc1. The van der Waals surface area contributed by atoms with E-state index in [1.807, 2.05) is 42.5 Å². The molecular formula is C20H27O3P. The quantitative estimate of drug-likeness (QED) is 0.402. The van der Waals surface area contributed by atoms with Crippen LogP contribution in [-0.4, -0.2) is 13.2 Å². The number of rotatable bonds is 10. The molecule has 0 aliphatic carbocycles. The molecule has 0 aromatic heterocycles. The Bertz CT molecular complexity index is 624. The Kier molecular flexibility index (Phi) is 7.71. The van der Waals surface area contributed by atoms with Crippen molar-refractivity contribution in [2.45, 2.75) is 39.5 Å². The minimum absolute atomic E-state index is 0.459. The van der Waals surface area contributed by atoms with Gasteiger partial charge in [-0.2, -0.15) is 0 Å². The van der Waals surface area contributed by atoms with Crippen LogP contribution in [0.1, 0.15) is 39.5 Å². The molecule has 0 bridgehead atoms. The second-order valence-electron chi connectivity index (χ2n) is 5.78. The van der Waals surface area contributed by atoms with E-state index in [2.05, 4.69) is 26.0 Å². The van der Waals surface area contributed by atoms with Gasteiger partial charge in [-0.25, -0.2) is 0 Å². The van der Waals surface area contributed by atoms with E-state index in [0.717, 1.165) is 36.8 Å². The first-order chi connectivity index (χ1) is 11.7. The van der Waals surface area contributed by atoms with Gasteiger partial charge in [0.25, 0.3) is 0 Å². The van der Waals surface area contributed by atoms with E-state index in [1.165, 1.54) is 0 Å². The molecule has 0 amide bonds. The van der Waals surface area contributed by atoms with Gasteiger partial charge in [-0.1, -0.05) is 69.2 Å². The normalized spacial score (nSPS) is 11.6. The van der Waals surface area contributed by atoms with Crippen molar-refractivity contribution in [2.75, 3.05) is 13.2 Å². The predicted molar refractivity (Wildman–Crippen MR) is 101 cm³/mol. The third kappa shape index (κ3) is 5.31. The topological polar surface area (TPSA) is 35.5 Å². The molecule has 2 rings (SSSR count). The summed E-state index contributed by atoms with van der Waals surface area (Å²) in [5.41, 5.74) is 2.23. The van der Waals surface area contributed by atoms with Gasteiger partial charge in [-0.3, -0.25) is 4.57 Å². The molecule has 3 nitrogen and oxygen atoms in total. The summed E-state index contributed by atoms with van der Waals surface area (Å²) in [4.78, 5) is 0. The van der Waals surface area contributed by atoms with Crippen LogP contribution in [0, 0.1) is 0 Å². The second-order valence-corrected chi connectivity index (χ2v) is 7.81. The average Bonchev–Trinajstić information content (AvgIpc) is 2.63. The first-order valence-electron chi connectivity index (χ1n) is 8.74. The lowest BCUT2D eigenvalue weighted by Gasteiger charge is -2.19. The van der Waals surface area contributed by atoms with Gasteiger partial charge in [0.1, 0.15) is 0 Å². The molecule has 0 fully saturated rings. The molecule has 0 unspecified atom stereocenters. The van der Waals surface area contributed by atoms with Gasteiger partial charge in [-0.05, 0) is 36.1 Å². The third-order valence-electron chi connectivity index (χ3n) is 3.81. The molecule has 0 spiro atoms. The second kappa shape index (κ2) is 9.78. The monoisotopic (exact) mass is 346 g/mol. The van der Waals surface area contributed by atoms with Crippen molar-refractivity contribution >= 4 is 12.9 Å². The van der Waals surface area contributed by atoms with Gasteiger partial charge in [0.15, 0.2) is 0 Å². The highest BCUT2D eigenvalue weighted by Crippen LogP contribution is 2.47. The molecule has 0 radical (unpaired) electrons. The summed E-state index contributed by atoms with van der Waals surface area (Å²) >= 11 is 0. The maximum atomic E-state index is 13.2. The third-order valence-corrected chi connectivity index (χ3v) is 5.78. The molecule has 0 aliphatic heterocycles. The van der Waals surface area contributed by atoms with E-state index >= 15 is 0 Å². The van der Waals surface area contributed by atoms with E-state index in [4.69, 9.17) is 9.05 Å². The molecular weight excluding hydrogens is 319 g/mol. The maximum Gasteiger partial charge on any atom is 0.361 e. The van der Waals surface area contributed by atoms with Crippen LogP contribution in [-0.2, 0) is 13.6 Å². The molecule has 0 aliphatic rings. The van der Waals surface area contributed by atoms with E-state index in [-0.39, 0.29) is 0 Å². The lowest BCUT2D eigenvalue weighted by Crippen LogP contribution is -2.11. The summed E-state index contributed by atoms with van der Waals surface area (Å²) in [6.07, 6.45) is 3.76. The van der Waals surface area contributed by atoms with E-state index in [1.54, 1.807) is 0 Å². The highest BCUT2D eigenvalue weighted by Gasteiger charge is 2.27. The Morgan fingerprint density at radius 3 is 1.75 bits per heavy atom. The average molecular weight is 346 g/mol. The maximum absolute atomic E-state index is 13.2. The van der Waals surface area contributed by atoms with Crippen LogP contribution < -0.4 is 5.30 Å². The van der Waals surface area contributed by atoms with Gasteiger partial charge >= 0.3 is 7.60 Å². The summed E-state index contributed by atoms with van der Waals surface area (Å²) in [6.45, 7) is 5.09. The Morgan fingerprint density at radius 1 is 0.750 bits per heavy atom. The van der Waals surface area contributed by atoms with Gasteiger partial charge in [0, 0.05) is 0 Å². The van der Waals surface area contributed by atoms with Crippen LogP contribution in [0.25, 0.3) is 11.1 Å². The van der Waals surface area contributed by atoms with Crippen LogP contribution >= 0.6 is 7.60 Å². The summed E-state index contributed by atoms with van der Waals surface area (Å²) in [5.74, 6) is 0. The van der Waals surface area contributed by atoms with Gasteiger partial charge < -0.3 is 9.05 Å². The summed E-state index contributed by atoms with van der Waals surface area (Å²) in [5, 5.41) is 0.634. The van der Waals surface area contributed by atoms with Crippen molar-refractivity contribution in [1.29, 1.82) is 0 Å². The van der Waals surface area contributed by atoms with Crippen LogP contribution in [0.2, 0.25) is 0 Å². The van der Waals surface area contributed by atoms with E-state index in [9.17, 15) is 4.57 Å². The highest BCUT2D eigenvalue weighted by molar-refractivity contribution is 7.62. The fraction of sp³-hybridized carbons (Fsp3) is 0.400. The van der Waals surface area contributed by atoms with Crippen molar-refractivity contribution in [3.05, 3.63) is 54.6 Å². The zero-order valence-corrected chi connectivity index (χ0v) is 15.5. The molecule has 0 atom stereocenters. The first kappa shape index (κ1) is 18.9. The fourth-order valence-corrected chi connectivity index (χ4v) is 3.94. The van der Waals surface area contributed by atoms with Gasteiger partial charge in [0.05, 0.1) is 18.5 Å². The summed E-state index contributed by atoms with van der Waals surface area (Å²) in [6, 6.07) is 17.8. The fourth-order valence-electron chi connectivity index (χ4n) is 2.31. The summed E-state index contributed by atoms with van der Waals surface area (Å²) in [7, 11) is -3.24. The van der Waals surface area contributed by atoms with Crippen LogP contribution in [0.5, 0.6) is 0 Å². The van der Waals surface area contributed by atoms with Gasteiger partial charge in [0.2, 0.25) is 0 Å². The Balaban J connectivity index is 2.17. The zero-order valence-electron chi connectivity index (χ0n) is 14.6. The summed E-state index contributed by atoms with van der Waals surface area (Å²) < 4.78 is 24.5. The molecule has 130 valence electrons. The zero-order chi connectivity index (χ0) is 17.3. The minimum Gasteiger partial charge on any atom is -0.305 e. The molecule has 0 saturated heterocycles. The Labute approximate surface area is 145 Å². The van der Waals surface area contributed by atoms with Gasteiger partial charge in [-0.15, -0.1) is 0 Å². The van der Waals surface area contributed by atoms with Crippen LogP contribution in [0.15, 0.2) is 54.6 Å². The molecule has 0 N–H and O–H groups in total. The van der Waals surface area contributed by atoms with Crippen molar-refractivity contribution < 1.29 is 13.6 Å².